The fourth-order valence-electron chi connectivity index (χ4n) is 1.92. The first-order valence-electron chi connectivity index (χ1n) is 5.45. The molecule has 5 nitrogen and oxygen atoms in total. The summed E-state index contributed by atoms with van der Waals surface area (Å²) in [5.41, 5.74) is 5.87. The monoisotopic (exact) mass is 244 g/mol. The molecule has 1 aromatic rings. The van der Waals surface area contributed by atoms with E-state index in [9.17, 15) is 13.6 Å². The number of nitrogens with two attached hydrogens (primary N) is 1. The van der Waals surface area contributed by atoms with E-state index in [0.717, 1.165) is 0 Å². The number of anilines is 2. The molecule has 1 aromatic heterocycles. The molecule has 1 heterocycles. The van der Waals surface area contributed by atoms with Crippen LogP contribution in [0.1, 0.15) is 25.7 Å². The number of aromatic nitrogens is 2. The number of alkyl halides is 2. The number of nitrogens with one attached hydrogen (secondary N) is 2. The molecule has 0 unspecified atom stereocenters. The number of halogens is 2. The second-order valence-corrected chi connectivity index (χ2v) is 4.32. The summed E-state index contributed by atoms with van der Waals surface area (Å²) >= 11 is 0. The fourth-order valence-corrected chi connectivity index (χ4v) is 1.92. The van der Waals surface area contributed by atoms with Gasteiger partial charge in [0.15, 0.2) is 5.82 Å². The molecule has 1 aliphatic rings. The first-order chi connectivity index (χ1) is 7.98. The number of H-pyrrole nitrogens is 1. The molecule has 0 aliphatic heterocycles. The second kappa shape index (κ2) is 4.31. The molecule has 2 rings (SSSR count). The van der Waals surface area contributed by atoms with Gasteiger partial charge in [0.25, 0.3) is 0 Å². The molecule has 0 bridgehead atoms. The zero-order valence-corrected chi connectivity index (χ0v) is 9.17. The maximum atomic E-state index is 12.9. The standard InChI is InChI=1S/C10H14F2N4O/c11-10(12)3-1-6(2-4-10)9(17)15-8-7(13)5-14-16-8/h5-6H,1-4,13H2,(H2,14,15,16,17). The number of amides is 1. The maximum absolute atomic E-state index is 12.9. The van der Waals surface area contributed by atoms with Crippen molar-refractivity contribution in [3.63, 3.8) is 0 Å². The number of hydrogen-bond donors (Lipinski definition) is 3. The van der Waals surface area contributed by atoms with Gasteiger partial charge in [0.1, 0.15) is 0 Å². The van der Waals surface area contributed by atoms with Crippen LogP contribution in [0, 0.1) is 5.92 Å². The van der Waals surface area contributed by atoms with Crippen LogP contribution in [0.4, 0.5) is 20.3 Å². The average molecular weight is 244 g/mol. The number of carbonyl (C=O) groups excluding carboxylic acids is 1. The maximum Gasteiger partial charge on any atom is 0.248 e. The summed E-state index contributed by atoms with van der Waals surface area (Å²) in [6, 6.07) is 0. The Bertz CT molecular complexity index is 408. The summed E-state index contributed by atoms with van der Waals surface area (Å²) in [6.45, 7) is 0. The van der Waals surface area contributed by atoms with E-state index in [2.05, 4.69) is 15.5 Å². The fraction of sp³-hybridized carbons (Fsp3) is 0.600. The van der Waals surface area contributed by atoms with Crippen LogP contribution < -0.4 is 11.1 Å². The Balaban J connectivity index is 1.92. The topological polar surface area (TPSA) is 83.8 Å². The van der Waals surface area contributed by atoms with Crippen LogP contribution in [0.2, 0.25) is 0 Å². The minimum absolute atomic E-state index is 0.201. The molecule has 0 radical (unpaired) electrons. The van der Waals surface area contributed by atoms with Crippen molar-refractivity contribution in [2.45, 2.75) is 31.6 Å². The molecule has 94 valence electrons. The molecule has 0 spiro atoms. The van der Waals surface area contributed by atoms with Crippen molar-refractivity contribution >= 4 is 17.4 Å². The van der Waals surface area contributed by atoms with E-state index in [4.69, 9.17) is 5.73 Å². The summed E-state index contributed by atoms with van der Waals surface area (Å²) < 4.78 is 25.8. The molecule has 1 aliphatic carbocycles. The second-order valence-electron chi connectivity index (χ2n) is 4.32. The smallest absolute Gasteiger partial charge is 0.248 e. The summed E-state index contributed by atoms with van der Waals surface area (Å²) in [6.07, 6.45) is 1.32. The zero-order chi connectivity index (χ0) is 12.5. The number of nitrogen functional groups attached to an aromatic ring is 1. The first-order valence-corrected chi connectivity index (χ1v) is 5.45. The van der Waals surface area contributed by atoms with Gasteiger partial charge in [-0.25, -0.2) is 8.78 Å². The van der Waals surface area contributed by atoms with E-state index in [-0.39, 0.29) is 37.5 Å². The third-order valence-electron chi connectivity index (χ3n) is 3.00. The Labute approximate surface area is 96.8 Å². The largest absolute Gasteiger partial charge is 0.394 e. The van der Waals surface area contributed by atoms with E-state index < -0.39 is 5.92 Å². The predicted octanol–water partition coefficient (Wildman–Crippen LogP) is 1.76. The summed E-state index contributed by atoms with van der Waals surface area (Å²) in [5.74, 6) is -2.95. The number of carbonyl (C=O) groups is 1. The van der Waals surface area contributed by atoms with Gasteiger partial charge in [0.2, 0.25) is 11.8 Å². The molecule has 4 N–H and O–H groups in total. The number of nitrogens with zero attached hydrogens (tertiary/aromatic N) is 1. The van der Waals surface area contributed by atoms with Gasteiger partial charge in [0, 0.05) is 18.8 Å². The Kier molecular flexibility index (Phi) is 2.99. The van der Waals surface area contributed by atoms with Crippen molar-refractivity contribution in [3.05, 3.63) is 6.20 Å². The SMILES string of the molecule is Nc1cn[nH]c1NC(=O)C1CCC(F)(F)CC1. The molecule has 1 fully saturated rings. The van der Waals surface area contributed by atoms with E-state index in [1.807, 2.05) is 0 Å². The lowest BCUT2D eigenvalue weighted by Gasteiger charge is -2.27. The summed E-state index contributed by atoms with van der Waals surface area (Å²) in [5, 5.41) is 8.76. The highest BCUT2D eigenvalue weighted by atomic mass is 19.3. The highest BCUT2D eigenvalue weighted by Gasteiger charge is 2.37. The minimum atomic E-state index is -2.62. The Morgan fingerprint density at radius 1 is 1.53 bits per heavy atom. The van der Waals surface area contributed by atoms with Crippen molar-refractivity contribution in [3.8, 4) is 0 Å². The van der Waals surface area contributed by atoms with Gasteiger partial charge in [-0.15, -0.1) is 0 Å². The Morgan fingerprint density at radius 2 is 2.18 bits per heavy atom. The van der Waals surface area contributed by atoms with Gasteiger partial charge in [-0.1, -0.05) is 0 Å². The van der Waals surface area contributed by atoms with Gasteiger partial charge in [-0.05, 0) is 12.8 Å². The van der Waals surface area contributed by atoms with Crippen LogP contribution in [0.25, 0.3) is 0 Å². The predicted molar refractivity (Wildman–Crippen MR) is 58.5 cm³/mol. The molecule has 0 saturated heterocycles. The van der Waals surface area contributed by atoms with Gasteiger partial charge < -0.3 is 11.1 Å². The van der Waals surface area contributed by atoms with Gasteiger partial charge in [-0.3, -0.25) is 9.89 Å². The Morgan fingerprint density at radius 3 is 2.71 bits per heavy atom. The van der Waals surface area contributed by atoms with Crippen LogP contribution in [0.5, 0.6) is 0 Å². The third-order valence-corrected chi connectivity index (χ3v) is 3.00. The molecule has 0 atom stereocenters. The minimum Gasteiger partial charge on any atom is -0.394 e. The molecule has 17 heavy (non-hydrogen) atoms. The lowest BCUT2D eigenvalue weighted by atomic mass is 9.86. The Hall–Kier alpha value is -1.66. The van der Waals surface area contributed by atoms with Gasteiger partial charge in [-0.2, -0.15) is 5.10 Å². The van der Waals surface area contributed by atoms with Crippen molar-refractivity contribution in [2.24, 2.45) is 5.92 Å². The van der Waals surface area contributed by atoms with Gasteiger partial charge >= 0.3 is 0 Å². The highest BCUT2D eigenvalue weighted by molar-refractivity contribution is 5.94. The lowest BCUT2D eigenvalue weighted by Crippen LogP contribution is -2.32. The van der Waals surface area contributed by atoms with Crippen molar-refractivity contribution in [2.75, 3.05) is 11.1 Å². The van der Waals surface area contributed by atoms with E-state index in [1.54, 1.807) is 0 Å². The lowest BCUT2D eigenvalue weighted by molar-refractivity contribution is -0.124. The van der Waals surface area contributed by atoms with Crippen LogP contribution in [-0.2, 0) is 4.79 Å². The number of hydrogen-bond acceptors (Lipinski definition) is 3. The number of rotatable bonds is 2. The molecule has 1 saturated carbocycles. The summed E-state index contributed by atoms with van der Waals surface area (Å²) in [7, 11) is 0. The van der Waals surface area contributed by atoms with Crippen LogP contribution in [-0.4, -0.2) is 22.0 Å². The normalized spacial score (nSPS) is 20.1. The zero-order valence-electron chi connectivity index (χ0n) is 9.17. The van der Waals surface area contributed by atoms with Crippen molar-refractivity contribution in [1.29, 1.82) is 0 Å². The molecular weight excluding hydrogens is 230 g/mol. The molecule has 7 heteroatoms. The van der Waals surface area contributed by atoms with Crippen LogP contribution in [0.3, 0.4) is 0 Å². The first kappa shape index (κ1) is 11.8. The van der Waals surface area contributed by atoms with E-state index >= 15 is 0 Å². The van der Waals surface area contributed by atoms with Crippen molar-refractivity contribution in [1.82, 2.24) is 10.2 Å². The summed E-state index contributed by atoms with van der Waals surface area (Å²) in [4.78, 5) is 11.8. The highest BCUT2D eigenvalue weighted by Crippen LogP contribution is 2.36. The molecular formula is C10H14F2N4O. The van der Waals surface area contributed by atoms with Crippen LogP contribution in [0.15, 0.2) is 6.20 Å². The van der Waals surface area contributed by atoms with Gasteiger partial charge in [0.05, 0.1) is 11.9 Å². The van der Waals surface area contributed by atoms with Crippen LogP contribution >= 0.6 is 0 Å². The quantitative estimate of drug-likeness (QED) is 0.741. The van der Waals surface area contributed by atoms with E-state index in [0.29, 0.717) is 11.5 Å². The van der Waals surface area contributed by atoms with Crippen molar-refractivity contribution < 1.29 is 13.6 Å². The third kappa shape index (κ3) is 2.72. The molecule has 0 aromatic carbocycles. The molecule has 1 amide bonds. The average Bonchev–Trinajstić information content (AvgIpc) is 2.64. The number of aromatic amines is 1. The van der Waals surface area contributed by atoms with E-state index in [1.165, 1.54) is 6.20 Å².